The molecule has 2 N–H and O–H groups in total. The van der Waals surface area contributed by atoms with Gasteiger partial charge in [0.15, 0.2) is 0 Å². The predicted molar refractivity (Wildman–Crippen MR) is 131 cm³/mol. The fourth-order valence-corrected chi connectivity index (χ4v) is 4.05. The number of halogens is 4. The number of alkyl halides is 2. The molecule has 3 rings (SSSR count). The monoisotopic (exact) mass is 507 g/mol. The van der Waals surface area contributed by atoms with E-state index in [-0.39, 0.29) is 17.9 Å². The van der Waals surface area contributed by atoms with Gasteiger partial charge in [-0.1, -0.05) is 53.5 Å². The number of aliphatic hydroxyl groups is 1. The van der Waals surface area contributed by atoms with Crippen molar-refractivity contribution in [3.8, 4) is 5.75 Å². The number of anilines is 1. The van der Waals surface area contributed by atoms with Gasteiger partial charge in [-0.05, 0) is 62.7 Å². The highest BCUT2D eigenvalue weighted by atomic mass is 35.5. The lowest BCUT2D eigenvalue weighted by atomic mass is 9.98. The van der Waals surface area contributed by atoms with Crippen LogP contribution < -0.4 is 10.1 Å². The number of ether oxygens (including phenoxy) is 1. The summed E-state index contributed by atoms with van der Waals surface area (Å²) in [5, 5.41) is 13.1. The van der Waals surface area contributed by atoms with Gasteiger partial charge in [-0.15, -0.1) is 0 Å². The summed E-state index contributed by atoms with van der Waals surface area (Å²) in [5.41, 5.74) is 0.905. The molecule has 0 bridgehead atoms. The van der Waals surface area contributed by atoms with Gasteiger partial charge >= 0.3 is 0 Å². The minimum atomic E-state index is -3.35. The quantitative estimate of drug-likeness (QED) is 0.346. The Kier molecular flexibility index (Phi) is 7.86. The zero-order chi connectivity index (χ0) is 25.1. The molecule has 3 aromatic rings. The molecule has 8 heteroatoms. The van der Waals surface area contributed by atoms with Crippen LogP contribution in [0.15, 0.2) is 66.7 Å². The summed E-state index contributed by atoms with van der Waals surface area (Å²) in [6.07, 6.45) is -1.79. The van der Waals surface area contributed by atoms with Gasteiger partial charge in [-0.25, -0.2) is 0 Å². The lowest BCUT2D eigenvalue weighted by Crippen LogP contribution is -2.27. The van der Waals surface area contributed by atoms with Crippen molar-refractivity contribution in [1.82, 2.24) is 0 Å². The topological polar surface area (TPSA) is 58.6 Å². The summed E-state index contributed by atoms with van der Waals surface area (Å²) in [5.74, 6) is -3.06. The van der Waals surface area contributed by atoms with Gasteiger partial charge in [-0.2, -0.15) is 8.78 Å². The maximum atomic E-state index is 13.9. The largest absolute Gasteiger partial charge is 0.483 e. The van der Waals surface area contributed by atoms with Crippen LogP contribution in [0.5, 0.6) is 5.75 Å². The highest BCUT2D eigenvalue weighted by Crippen LogP contribution is 2.34. The van der Waals surface area contributed by atoms with Gasteiger partial charge in [0.25, 0.3) is 5.92 Å². The minimum absolute atomic E-state index is 0.0148. The fourth-order valence-electron chi connectivity index (χ4n) is 3.41. The molecule has 0 heterocycles. The number of hydrogen-bond acceptors (Lipinski definition) is 3. The van der Waals surface area contributed by atoms with E-state index in [1.807, 2.05) is 19.9 Å². The van der Waals surface area contributed by atoms with Crippen LogP contribution in [0, 0.1) is 0 Å². The Bertz CT molecular complexity index is 1150. The Morgan fingerprint density at radius 2 is 1.65 bits per heavy atom. The van der Waals surface area contributed by atoms with E-state index in [1.54, 1.807) is 36.4 Å². The number of carbonyl (C=O) groups is 1. The van der Waals surface area contributed by atoms with Crippen LogP contribution in [0.25, 0.3) is 0 Å². The summed E-state index contributed by atoms with van der Waals surface area (Å²) in [7, 11) is 0. The Morgan fingerprint density at radius 1 is 1.03 bits per heavy atom. The van der Waals surface area contributed by atoms with Crippen molar-refractivity contribution in [1.29, 1.82) is 0 Å². The van der Waals surface area contributed by atoms with Gasteiger partial charge < -0.3 is 15.2 Å². The molecule has 1 unspecified atom stereocenters. The normalized spacial score (nSPS) is 12.8. The standard InChI is InChI=1S/C26H25Cl2F2NO3/c1-16(32)26(29,30)18-6-4-17(5-7-18)14-24(33)31-20-9-11-21(12-10-20)34-25(2,3)22-13-8-19(27)15-23(22)28/h4-13,15-16,32H,14H2,1-3H3,(H,31,33). The first-order chi connectivity index (χ1) is 15.9. The average molecular weight is 508 g/mol. The van der Waals surface area contributed by atoms with Gasteiger partial charge in [0.05, 0.1) is 6.42 Å². The van der Waals surface area contributed by atoms with Gasteiger partial charge in [0.1, 0.15) is 17.5 Å². The van der Waals surface area contributed by atoms with Crippen molar-refractivity contribution in [2.45, 2.75) is 44.8 Å². The van der Waals surface area contributed by atoms with E-state index in [1.165, 1.54) is 24.3 Å². The van der Waals surface area contributed by atoms with E-state index >= 15 is 0 Å². The summed E-state index contributed by atoms with van der Waals surface area (Å²) in [6, 6.07) is 17.4. The maximum Gasteiger partial charge on any atom is 0.298 e. The number of benzene rings is 3. The Labute approximate surface area is 207 Å². The van der Waals surface area contributed by atoms with Gasteiger partial charge in [-0.3, -0.25) is 4.79 Å². The number of hydrogen-bond donors (Lipinski definition) is 2. The molecule has 1 atom stereocenters. The second kappa shape index (κ2) is 10.3. The number of aliphatic hydroxyl groups excluding tert-OH is 1. The molecule has 0 aliphatic carbocycles. The third-order valence-electron chi connectivity index (χ3n) is 5.32. The van der Waals surface area contributed by atoms with E-state index in [0.29, 0.717) is 27.0 Å². The number of rotatable bonds is 8. The van der Waals surface area contributed by atoms with Crippen molar-refractivity contribution in [2.75, 3.05) is 5.32 Å². The highest BCUT2D eigenvalue weighted by molar-refractivity contribution is 6.35. The second-order valence-electron chi connectivity index (χ2n) is 8.48. The number of nitrogens with one attached hydrogen (secondary N) is 1. The second-order valence-corrected chi connectivity index (χ2v) is 9.33. The van der Waals surface area contributed by atoms with Crippen molar-refractivity contribution >= 4 is 34.8 Å². The van der Waals surface area contributed by atoms with Gasteiger partial charge in [0, 0.05) is 26.9 Å². The first-order valence-corrected chi connectivity index (χ1v) is 11.3. The first kappa shape index (κ1) is 25.9. The Hall–Kier alpha value is -2.67. The molecule has 180 valence electrons. The Balaban J connectivity index is 1.60. The smallest absolute Gasteiger partial charge is 0.298 e. The van der Waals surface area contributed by atoms with Crippen LogP contribution in [0.3, 0.4) is 0 Å². The summed E-state index contributed by atoms with van der Waals surface area (Å²) < 4.78 is 33.9. The molecule has 1 amide bonds. The van der Waals surface area contributed by atoms with E-state index in [4.69, 9.17) is 27.9 Å². The molecule has 0 saturated heterocycles. The molecule has 3 aromatic carbocycles. The lowest BCUT2D eigenvalue weighted by Gasteiger charge is -2.28. The molecule has 4 nitrogen and oxygen atoms in total. The van der Waals surface area contributed by atoms with Crippen LogP contribution in [-0.2, 0) is 22.7 Å². The molecule has 0 aliphatic rings. The third-order valence-corrected chi connectivity index (χ3v) is 5.87. The molecule has 34 heavy (non-hydrogen) atoms. The number of carbonyl (C=O) groups excluding carboxylic acids is 1. The van der Waals surface area contributed by atoms with Crippen molar-refractivity contribution in [3.05, 3.63) is 93.5 Å². The van der Waals surface area contributed by atoms with Crippen molar-refractivity contribution < 1.29 is 23.4 Å². The van der Waals surface area contributed by atoms with E-state index in [0.717, 1.165) is 12.5 Å². The molecule has 0 spiro atoms. The summed E-state index contributed by atoms with van der Waals surface area (Å²) in [4.78, 5) is 12.4. The molecular weight excluding hydrogens is 483 g/mol. The third kappa shape index (κ3) is 6.26. The summed E-state index contributed by atoms with van der Waals surface area (Å²) >= 11 is 12.3. The lowest BCUT2D eigenvalue weighted by molar-refractivity contribution is -0.115. The van der Waals surface area contributed by atoms with E-state index in [9.17, 15) is 18.7 Å². The van der Waals surface area contributed by atoms with Crippen LogP contribution in [0.2, 0.25) is 10.0 Å². The van der Waals surface area contributed by atoms with Gasteiger partial charge in [0.2, 0.25) is 5.91 Å². The van der Waals surface area contributed by atoms with Crippen LogP contribution in [-0.4, -0.2) is 17.1 Å². The van der Waals surface area contributed by atoms with Crippen molar-refractivity contribution in [3.63, 3.8) is 0 Å². The molecule has 0 radical (unpaired) electrons. The number of amides is 1. The predicted octanol–water partition coefficient (Wildman–Crippen LogP) is 6.96. The minimum Gasteiger partial charge on any atom is -0.483 e. The fraction of sp³-hybridized carbons (Fsp3) is 0.269. The zero-order valence-corrected chi connectivity index (χ0v) is 20.4. The SMILES string of the molecule is CC(O)C(F)(F)c1ccc(CC(=O)Nc2ccc(OC(C)(C)c3ccc(Cl)cc3Cl)cc2)cc1. The van der Waals surface area contributed by atoms with Crippen molar-refractivity contribution in [2.24, 2.45) is 0 Å². The van der Waals surface area contributed by atoms with E-state index in [2.05, 4.69) is 5.32 Å². The first-order valence-electron chi connectivity index (χ1n) is 10.6. The molecule has 0 saturated carbocycles. The van der Waals surface area contributed by atoms with E-state index < -0.39 is 17.6 Å². The van der Waals surface area contributed by atoms with Crippen LogP contribution >= 0.6 is 23.2 Å². The zero-order valence-electron chi connectivity index (χ0n) is 18.9. The van der Waals surface area contributed by atoms with Crippen LogP contribution in [0.1, 0.15) is 37.5 Å². The summed E-state index contributed by atoms with van der Waals surface area (Å²) in [6.45, 7) is 4.81. The molecule has 0 fully saturated rings. The maximum absolute atomic E-state index is 13.9. The molecule has 0 aliphatic heterocycles. The average Bonchev–Trinajstić information content (AvgIpc) is 2.75. The Morgan fingerprint density at radius 3 is 2.21 bits per heavy atom. The highest BCUT2D eigenvalue weighted by Gasteiger charge is 2.37. The molecule has 0 aromatic heterocycles. The molecular formula is C26H25Cl2F2NO3. The van der Waals surface area contributed by atoms with Crippen LogP contribution in [0.4, 0.5) is 14.5 Å².